The second-order valence-electron chi connectivity index (χ2n) is 4.68. The van der Waals surface area contributed by atoms with Gasteiger partial charge in [-0.3, -0.25) is 4.79 Å². The maximum absolute atomic E-state index is 11.9. The van der Waals surface area contributed by atoms with Crippen LogP contribution in [0.5, 0.6) is 0 Å². The van der Waals surface area contributed by atoms with Crippen molar-refractivity contribution < 1.29 is 4.79 Å². The quantitative estimate of drug-likeness (QED) is 0.884. The zero-order valence-electron chi connectivity index (χ0n) is 11.5. The molecule has 0 fully saturated rings. The molecule has 20 heavy (non-hydrogen) atoms. The van der Waals surface area contributed by atoms with Crippen LogP contribution in [0.4, 0.5) is 11.4 Å². The van der Waals surface area contributed by atoms with Gasteiger partial charge in [0.2, 0.25) is 5.91 Å². The Morgan fingerprint density at radius 3 is 2.50 bits per heavy atom. The van der Waals surface area contributed by atoms with Crippen molar-refractivity contribution in [3.63, 3.8) is 0 Å². The maximum Gasteiger partial charge on any atom is 0.243 e. The number of carbonyl (C=O) groups is 1. The van der Waals surface area contributed by atoms with Crippen molar-refractivity contribution in [2.45, 2.75) is 13.8 Å². The molecule has 0 heterocycles. The molecule has 0 bridgehead atoms. The Morgan fingerprint density at radius 2 is 1.80 bits per heavy atom. The zero-order chi connectivity index (χ0) is 14.5. The molecular formula is C16H17BrN2O. The molecule has 1 amide bonds. The fourth-order valence-corrected chi connectivity index (χ4v) is 2.38. The summed E-state index contributed by atoms with van der Waals surface area (Å²) in [5.74, 6) is -0.0541. The van der Waals surface area contributed by atoms with E-state index in [2.05, 4.69) is 26.6 Å². The molecule has 0 radical (unpaired) electrons. The summed E-state index contributed by atoms with van der Waals surface area (Å²) in [5.41, 5.74) is 3.98. The smallest absolute Gasteiger partial charge is 0.243 e. The molecule has 2 aromatic carbocycles. The van der Waals surface area contributed by atoms with Crippen molar-refractivity contribution in [3.05, 3.63) is 58.1 Å². The van der Waals surface area contributed by atoms with Gasteiger partial charge in [0.15, 0.2) is 0 Å². The highest BCUT2D eigenvalue weighted by Crippen LogP contribution is 2.20. The van der Waals surface area contributed by atoms with Gasteiger partial charge in [0.1, 0.15) is 0 Å². The van der Waals surface area contributed by atoms with Crippen molar-refractivity contribution in [1.29, 1.82) is 0 Å². The third-order valence-corrected chi connectivity index (χ3v) is 3.54. The molecule has 3 nitrogen and oxygen atoms in total. The zero-order valence-corrected chi connectivity index (χ0v) is 13.1. The monoisotopic (exact) mass is 332 g/mol. The molecule has 2 aromatic rings. The minimum absolute atomic E-state index is 0.0541. The predicted molar refractivity (Wildman–Crippen MR) is 87.2 cm³/mol. The molecule has 104 valence electrons. The average molecular weight is 333 g/mol. The Morgan fingerprint density at radius 1 is 1.05 bits per heavy atom. The summed E-state index contributed by atoms with van der Waals surface area (Å²) in [4.78, 5) is 11.9. The molecule has 0 aliphatic rings. The van der Waals surface area contributed by atoms with Gasteiger partial charge in [-0.2, -0.15) is 0 Å². The van der Waals surface area contributed by atoms with Crippen molar-refractivity contribution in [3.8, 4) is 0 Å². The van der Waals surface area contributed by atoms with E-state index in [0.29, 0.717) is 0 Å². The number of amides is 1. The number of hydrogen-bond donors (Lipinski definition) is 2. The minimum Gasteiger partial charge on any atom is -0.376 e. The number of para-hydroxylation sites is 1. The van der Waals surface area contributed by atoms with Crippen LogP contribution < -0.4 is 10.6 Å². The third kappa shape index (κ3) is 3.84. The first-order valence-electron chi connectivity index (χ1n) is 6.42. The third-order valence-electron chi connectivity index (χ3n) is 3.05. The number of aryl methyl sites for hydroxylation is 2. The van der Waals surface area contributed by atoms with Crippen LogP contribution >= 0.6 is 15.9 Å². The van der Waals surface area contributed by atoms with Crippen LogP contribution in [-0.4, -0.2) is 12.5 Å². The molecule has 4 heteroatoms. The van der Waals surface area contributed by atoms with Crippen LogP contribution in [0, 0.1) is 13.8 Å². The fraction of sp³-hybridized carbons (Fsp3) is 0.188. The minimum atomic E-state index is -0.0541. The Kier molecular flexibility index (Phi) is 4.79. The van der Waals surface area contributed by atoms with Crippen molar-refractivity contribution >= 4 is 33.2 Å². The van der Waals surface area contributed by atoms with Gasteiger partial charge in [0, 0.05) is 15.8 Å². The Balaban J connectivity index is 1.94. The summed E-state index contributed by atoms with van der Waals surface area (Å²) in [6, 6.07) is 13.7. The van der Waals surface area contributed by atoms with Crippen LogP contribution in [0.15, 0.2) is 46.9 Å². The molecule has 0 saturated carbocycles. The molecule has 0 aromatic heterocycles. The number of carbonyl (C=O) groups excluding carboxylic acids is 1. The maximum atomic E-state index is 11.9. The molecular weight excluding hydrogens is 316 g/mol. The van der Waals surface area contributed by atoms with Crippen molar-refractivity contribution in [2.24, 2.45) is 0 Å². The normalized spacial score (nSPS) is 10.2. The van der Waals surface area contributed by atoms with E-state index in [-0.39, 0.29) is 12.5 Å². The summed E-state index contributed by atoms with van der Waals surface area (Å²) in [6.45, 7) is 4.23. The van der Waals surface area contributed by atoms with Crippen molar-refractivity contribution in [1.82, 2.24) is 0 Å². The van der Waals surface area contributed by atoms with Gasteiger partial charge in [-0.05, 0) is 49.2 Å². The molecule has 0 atom stereocenters. The van der Waals surface area contributed by atoms with Gasteiger partial charge in [-0.1, -0.05) is 34.1 Å². The lowest BCUT2D eigenvalue weighted by Crippen LogP contribution is -2.22. The van der Waals surface area contributed by atoms with E-state index < -0.39 is 0 Å². The van der Waals surface area contributed by atoms with Gasteiger partial charge >= 0.3 is 0 Å². The first-order chi connectivity index (χ1) is 9.56. The topological polar surface area (TPSA) is 41.1 Å². The van der Waals surface area contributed by atoms with Crippen molar-refractivity contribution in [2.75, 3.05) is 17.2 Å². The van der Waals surface area contributed by atoms with E-state index in [1.807, 2.05) is 56.3 Å². The lowest BCUT2D eigenvalue weighted by atomic mass is 10.2. The van der Waals surface area contributed by atoms with Crippen LogP contribution in [0.2, 0.25) is 0 Å². The second-order valence-corrected chi connectivity index (χ2v) is 5.59. The molecule has 0 aliphatic carbocycles. The summed E-state index contributed by atoms with van der Waals surface area (Å²) < 4.78 is 1.03. The summed E-state index contributed by atoms with van der Waals surface area (Å²) >= 11 is 3.42. The fourth-order valence-electron chi connectivity index (χ4n) is 1.91. The van der Waals surface area contributed by atoms with Gasteiger partial charge in [-0.25, -0.2) is 0 Å². The van der Waals surface area contributed by atoms with Crippen LogP contribution in [-0.2, 0) is 4.79 Å². The van der Waals surface area contributed by atoms with E-state index in [4.69, 9.17) is 0 Å². The molecule has 0 saturated heterocycles. The summed E-state index contributed by atoms with van der Waals surface area (Å²) in [5, 5.41) is 6.05. The Labute approximate surface area is 127 Å². The van der Waals surface area contributed by atoms with Gasteiger partial charge < -0.3 is 10.6 Å². The lowest BCUT2D eigenvalue weighted by Gasteiger charge is -2.11. The molecule has 0 spiro atoms. The standard InChI is InChI=1S/C16H17BrN2O/c1-11-5-3-4-6-15(11)19-16(20)10-18-14-8-7-13(17)9-12(14)2/h3-9,18H,10H2,1-2H3,(H,19,20). The highest BCUT2D eigenvalue weighted by atomic mass is 79.9. The molecule has 0 aliphatic heterocycles. The van der Waals surface area contributed by atoms with Crippen LogP contribution in [0.3, 0.4) is 0 Å². The number of anilines is 2. The van der Waals surface area contributed by atoms with Gasteiger partial charge in [-0.15, -0.1) is 0 Å². The Hall–Kier alpha value is -1.81. The number of halogens is 1. The Bertz CT molecular complexity index is 626. The van der Waals surface area contributed by atoms with Crippen LogP contribution in [0.25, 0.3) is 0 Å². The highest BCUT2D eigenvalue weighted by molar-refractivity contribution is 9.10. The summed E-state index contributed by atoms with van der Waals surface area (Å²) in [6.07, 6.45) is 0. The van der Waals surface area contributed by atoms with Crippen LogP contribution in [0.1, 0.15) is 11.1 Å². The molecule has 2 rings (SSSR count). The summed E-state index contributed by atoms with van der Waals surface area (Å²) in [7, 11) is 0. The lowest BCUT2D eigenvalue weighted by molar-refractivity contribution is -0.114. The molecule has 0 unspecified atom stereocenters. The SMILES string of the molecule is Cc1cc(Br)ccc1NCC(=O)Nc1ccccc1C. The number of rotatable bonds is 4. The van der Waals surface area contributed by atoms with E-state index in [9.17, 15) is 4.79 Å². The molecule has 2 N–H and O–H groups in total. The van der Waals surface area contributed by atoms with Gasteiger partial charge in [0.05, 0.1) is 6.54 Å². The van der Waals surface area contributed by atoms with E-state index in [0.717, 1.165) is 27.0 Å². The first-order valence-corrected chi connectivity index (χ1v) is 7.21. The number of hydrogen-bond acceptors (Lipinski definition) is 2. The predicted octanol–water partition coefficient (Wildman–Crippen LogP) is 4.12. The van der Waals surface area contributed by atoms with E-state index >= 15 is 0 Å². The highest BCUT2D eigenvalue weighted by Gasteiger charge is 2.05. The van der Waals surface area contributed by atoms with E-state index in [1.54, 1.807) is 0 Å². The van der Waals surface area contributed by atoms with Gasteiger partial charge in [0.25, 0.3) is 0 Å². The number of benzene rings is 2. The largest absolute Gasteiger partial charge is 0.376 e. The van der Waals surface area contributed by atoms with E-state index in [1.165, 1.54) is 0 Å². The second kappa shape index (κ2) is 6.57. The number of nitrogens with one attached hydrogen (secondary N) is 2. The first kappa shape index (κ1) is 14.6. The average Bonchev–Trinajstić information content (AvgIpc) is 2.40.